The predicted molar refractivity (Wildman–Crippen MR) is 78.4 cm³/mol. The lowest BCUT2D eigenvalue weighted by Crippen LogP contribution is -2.13. The van der Waals surface area contributed by atoms with Crippen LogP contribution in [-0.4, -0.2) is 32.7 Å². The van der Waals surface area contributed by atoms with E-state index in [9.17, 15) is 4.79 Å². The zero-order chi connectivity index (χ0) is 15.4. The summed E-state index contributed by atoms with van der Waals surface area (Å²) in [5.41, 5.74) is 1.51. The number of benzene rings is 1. The molecule has 6 nitrogen and oxygen atoms in total. The van der Waals surface area contributed by atoms with E-state index in [4.69, 9.17) is 21.5 Å². The fraction of sp³-hybridized carbons (Fsp3) is 0.214. The Labute approximate surface area is 126 Å². The smallest absolute Gasteiger partial charge is 0.342 e. The van der Waals surface area contributed by atoms with Gasteiger partial charge in [0, 0.05) is 0 Å². The number of ether oxygens (including phenoxy) is 1. The summed E-state index contributed by atoms with van der Waals surface area (Å²) < 4.78 is 6.45. The lowest BCUT2D eigenvalue weighted by atomic mass is 10.2. The highest BCUT2D eigenvalue weighted by atomic mass is 35.5. The Morgan fingerprint density at radius 2 is 2.10 bits per heavy atom. The van der Waals surface area contributed by atoms with Crippen molar-refractivity contribution in [2.45, 2.75) is 13.8 Å². The van der Waals surface area contributed by atoms with E-state index >= 15 is 0 Å². The Morgan fingerprint density at radius 1 is 1.43 bits per heavy atom. The van der Waals surface area contributed by atoms with Crippen LogP contribution in [0.3, 0.4) is 0 Å². The maximum Gasteiger partial charge on any atom is 0.342 e. The molecule has 0 spiro atoms. The average Bonchev–Trinajstić information content (AvgIpc) is 2.85. The van der Waals surface area contributed by atoms with E-state index in [0.29, 0.717) is 11.4 Å². The van der Waals surface area contributed by atoms with Crippen molar-refractivity contribution in [3.8, 4) is 5.69 Å². The van der Waals surface area contributed by atoms with Crippen molar-refractivity contribution in [1.29, 1.82) is 0 Å². The number of aromatic nitrogens is 2. The van der Waals surface area contributed by atoms with Gasteiger partial charge in [-0.25, -0.2) is 9.48 Å². The van der Waals surface area contributed by atoms with Gasteiger partial charge in [-0.15, -0.1) is 0 Å². The van der Waals surface area contributed by atoms with Crippen LogP contribution in [0, 0.1) is 6.92 Å². The summed E-state index contributed by atoms with van der Waals surface area (Å²) in [6.45, 7) is 3.59. The SMILES string of the molecule is CCOC(=O)c1c(C)nn(-c2ccccc2)c1/C(Cl)=N\O. The van der Waals surface area contributed by atoms with Crippen molar-refractivity contribution >= 4 is 22.7 Å². The fourth-order valence-electron chi connectivity index (χ4n) is 1.97. The van der Waals surface area contributed by atoms with E-state index in [1.54, 1.807) is 26.0 Å². The molecule has 0 fully saturated rings. The van der Waals surface area contributed by atoms with Crippen molar-refractivity contribution in [3.05, 3.63) is 47.3 Å². The summed E-state index contributed by atoms with van der Waals surface area (Å²) in [6, 6.07) is 9.10. The molecule has 2 rings (SSSR count). The molecule has 0 bridgehead atoms. The van der Waals surface area contributed by atoms with Crippen LogP contribution in [0.1, 0.15) is 28.7 Å². The molecular formula is C14H14ClN3O3. The van der Waals surface area contributed by atoms with E-state index < -0.39 is 5.97 Å². The summed E-state index contributed by atoms with van der Waals surface area (Å²) in [7, 11) is 0. The molecule has 0 aliphatic carbocycles. The zero-order valence-corrected chi connectivity index (χ0v) is 12.3. The molecule has 21 heavy (non-hydrogen) atoms. The van der Waals surface area contributed by atoms with Crippen LogP contribution in [0.15, 0.2) is 35.5 Å². The van der Waals surface area contributed by atoms with Gasteiger partial charge in [0.05, 0.1) is 18.0 Å². The van der Waals surface area contributed by atoms with Crippen LogP contribution in [0.25, 0.3) is 5.69 Å². The first kappa shape index (κ1) is 15.1. The fourth-order valence-corrected chi connectivity index (χ4v) is 2.14. The summed E-state index contributed by atoms with van der Waals surface area (Å²) in [5.74, 6) is -0.561. The van der Waals surface area contributed by atoms with Crippen LogP contribution >= 0.6 is 11.6 Å². The molecule has 110 valence electrons. The second-order valence-corrected chi connectivity index (χ2v) is 4.53. The first-order valence-electron chi connectivity index (χ1n) is 6.30. The highest BCUT2D eigenvalue weighted by molar-refractivity contribution is 6.69. The first-order valence-corrected chi connectivity index (χ1v) is 6.68. The Hall–Kier alpha value is -2.34. The predicted octanol–water partition coefficient (Wildman–Crippen LogP) is 2.73. The average molecular weight is 308 g/mol. The van der Waals surface area contributed by atoms with E-state index in [1.807, 2.05) is 18.2 Å². The number of nitrogens with zero attached hydrogens (tertiary/aromatic N) is 3. The van der Waals surface area contributed by atoms with Crippen LogP contribution in [0.2, 0.25) is 0 Å². The molecule has 7 heteroatoms. The van der Waals surface area contributed by atoms with Gasteiger partial charge in [-0.05, 0) is 26.0 Å². The molecule has 0 aliphatic heterocycles. The third-order valence-electron chi connectivity index (χ3n) is 2.82. The Bertz CT molecular complexity index is 680. The monoisotopic (exact) mass is 307 g/mol. The van der Waals surface area contributed by atoms with Crippen molar-refractivity contribution in [2.75, 3.05) is 6.61 Å². The molecular weight excluding hydrogens is 294 g/mol. The lowest BCUT2D eigenvalue weighted by molar-refractivity contribution is 0.0525. The molecule has 1 aromatic carbocycles. The highest BCUT2D eigenvalue weighted by Gasteiger charge is 2.26. The van der Waals surface area contributed by atoms with Crippen LogP contribution in [0.4, 0.5) is 0 Å². The molecule has 0 amide bonds. The quantitative estimate of drug-likeness (QED) is 0.408. The Morgan fingerprint density at radius 3 is 2.67 bits per heavy atom. The van der Waals surface area contributed by atoms with Gasteiger partial charge in [-0.2, -0.15) is 5.10 Å². The number of para-hydroxylation sites is 1. The van der Waals surface area contributed by atoms with Crippen molar-refractivity contribution in [3.63, 3.8) is 0 Å². The number of oxime groups is 1. The number of hydrogen-bond donors (Lipinski definition) is 1. The number of carbonyl (C=O) groups excluding carboxylic acids is 1. The molecule has 2 aromatic rings. The molecule has 0 unspecified atom stereocenters. The summed E-state index contributed by atoms with van der Waals surface area (Å²) in [6.07, 6.45) is 0. The van der Waals surface area contributed by atoms with Crippen LogP contribution in [-0.2, 0) is 4.74 Å². The van der Waals surface area contributed by atoms with E-state index in [1.165, 1.54) is 4.68 Å². The second-order valence-electron chi connectivity index (χ2n) is 4.17. The maximum absolute atomic E-state index is 12.1. The third kappa shape index (κ3) is 2.90. The summed E-state index contributed by atoms with van der Waals surface area (Å²) in [4.78, 5) is 12.1. The molecule has 1 heterocycles. The van der Waals surface area contributed by atoms with Gasteiger partial charge in [0.25, 0.3) is 0 Å². The lowest BCUT2D eigenvalue weighted by Gasteiger charge is -2.07. The van der Waals surface area contributed by atoms with E-state index in [0.717, 1.165) is 0 Å². The van der Waals surface area contributed by atoms with E-state index in [2.05, 4.69) is 10.3 Å². The summed E-state index contributed by atoms with van der Waals surface area (Å²) >= 11 is 5.94. The van der Waals surface area contributed by atoms with Gasteiger partial charge >= 0.3 is 5.97 Å². The van der Waals surface area contributed by atoms with Crippen molar-refractivity contribution in [1.82, 2.24) is 9.78 Å². The number of halogens is 1. The number of aryl methyl sites for hydroxylation is 1. The van der Waals surface area contributed by atoms with Crippen LogP contribution in [0.5, 0.6) is 0 Å². The first-order chi connectivity index (χ1) is 10.1. The molecule has 1 aromatic heterocycles. The number of esters is 1. The van der Waals surface area contributed by atoms with Gasteiger partial charge in [0.15, 0.2) is 5.17 Å². The molecule has 1 N–H and O–H groups in total. The number of rotatable bonds is 4. The molecule has 0 radical (unpaired) electrons. The Balaban J connectivity index is 2.68. The minimum Gasteiger partial charge on any atom is -0.462 e. The topological polar surface area (TPSA) is 76.7 Å². The van der Waals surface area contributed by atoms with Gasteiger partial charge in [-0.3, -0.25) is 0 Å². The molecule has 0 saturated heterocycles. The third-order valence-corrected chi connectivity index (χ3v) is 3.08. The van der Waals surface area contributed by atoms with Crippen molar-refractivity contribution < 1.29 is 14.7 Å². The van der Waals surface area contributed by atoms with Crippen LogP contribution < -0.4 is 0 Å². The van der Waals surface area contributed by atoms with Gasteiger partial charge in [0.1, 0.15) is 11.3 Å². The molecule has 0 aliphatic rings. The Kier molecular flexibility index (Phi) is 4.59. The standard InChI is InChI=1S/C14H14ClN3O3/c1-3-21-14(19)11-9(2)16-18(12(11)13(15)17-20)10-7-5-4-6-8-10/h4-8,20H,3H2,1-2H3/b17-13+. The number of hydrogen-bond acceptors (Lipinski definition) is 5. The minimum atomic E-state index is -0.561. The minimum absolute atomic E-state index is 0.184. The largest absolute Gasteiger partial charge is 0.462 e. The van der Waals surface area contributed by atoms with E-state index in [-0.39, 0.29) is 23.0 Å². The van der Waals surface area contributed by atoms with Gasteiger partial charge in [-0.1, -0.05) is 35.0 Å². The second kappa shape index (κ2) is 6.41. The number of carbonyl (C=O) groups is 1. The summed E-state index contributed by atoms with van der Waals surface area (Å²) in [5, 5.41) is 16.0. The van der Waals surface area contributed by atoms with Gasteiger partial charge in [0.2, 0.25) is 0 Å². The van der Waals surface area contributed by atoms with Crippen molar-refractivity contribution in [2.24, 2.45) is 5.16 Å². The normalized spacial score (nSPS) is 11.5. The van der Waals surface area contributed by atoms with Gasteiger partial charge < -0.3 is 9.94 Å². The maximum atomic E-state index is 12.1. The highest BCUT2D eigenvalue weighted by Crippen LogP contribution is 2.22. The molecule has 0 saturated carbocycles. The molecule has 0 atom stereocenters. The zero-order valence-electron chi connectivity index (χ0n) is 11.6.